The zero-order valence-corrected chi connectivity index (χ0v) is 16.8. The number of benzene rings is 1. The summed E-state index contributed by atoms with van der Waals surface area (Å²) in [6, 6.07) is 3.79. The van der Waals surface area contributed by atoms with Crippen LogP contribution in [0.3, 0.4) is 0 Å². The maximum absolute atomic E-state index is 12.6. The Morgan fingerprint density at radius 2 is 1.70 bits per heavy atom. The van der Waals surface area contributed by atoms with Crippen molar-refractivity contribution in [1.29, 1.82) is 0 Å². The molecule has 1 aromatic heterocycles. The van der Waals surface area contributed by atoms with Crippen LogP contribution in [-0.4, -0.2) is 61.2 Å². The lowest BCUT2D eigenvalue weighted by atomic mass is 9.94. The van der Waals surface area contributed by atoms with Crippen LogP contribution in [0.2, 0.25) is 0 Å². The van der Waals surface area contributed by atoms with Gasteiger partial charge in [-0.05, 0) is 12.5 Å². The van der Waals surface area contributed by atoms with Crippen molar-refractivity contribution in [3.63, 3.8) is 0 Å². The fourth-order valence-electron chi connectivity index (χ4n) is 3.43. The molecule has 7 nitrogen and oxygen atoms in total. The van der Waals surface area contributed by atoms with Gasteiger partial charge in [0.05, 0.1) is 19.7 Å². The van der Waals surface area contributed by atoms with Crippen LogP contribution < -0.4 is 14.4 Å². The lowest BCUT2D eigenvalue weighted by Crippen LogP contribution is -2.41. The van der Waals surface area contributed by atoms with E-state index in [9.17, 15) is 4.79 Å². The predicted molar refractivity (Wildman–Crippen MR) is 106 cm³/mol. The van der Waals surface area contributed by atoms with Crippen molar-refractivity contribution in [2.45, 2.75) is 27.2 Å². The number of anilines is 1. The molecule has 2 aromatic rings. The van der Waals surface area contributed by atoms with E-state index >= 15 is 0 Å². The first-order valence-corrected chi connectivity index (χ1v) is 9.26. The number of carbonyl (C=O) groups is 1. The Bertz CT molecular complexity index is 832. The smallest absolute Gasteiger partial charge is 0.228 e. The second kappa shape index (κ2) is 7.58. The van der Waals surface area contributed by atoms with E-state index in [0.29, 0.717) is 18.0 Å². The highest BCUT2D eigenvalue weighted by atomic mass is 16.5. The molecule has 2 heterocycles. The SMILES string of the molecule is COc1cc2ncnc(N3CCCN(C(=O)C(C)(C)C)CC3)c2cc1OC. The van der Waals surface area contributed by atoms with Crippen molar-refractivity contribution in [1.82, 2.24) is 14.9 Å². The van der Waals surface area contributed by atoms with Gasteiger partial charge in [0.1, 0.15) is 12.1 Å². The summed E-state index contributed by atoms with van der Waals surface area (Å²) in [6.07, 6.45) is 2.48. The van der Waals surface area contributed by atoms with Crippen molar-refractivity contribution in [2.24, 2.45) is 5.41 Å². The lowest BCUT2D eigenvalue weighted by molar-refractivity contribution is -0.139. The number of hydrogen-bond acceptors (Lipinski definition) is 6. The zero-order chi connectivity index (χ0) is 19.6. The highest BCUT2D eigenvalue weighted by Crippen LogP contribution is 2.35. The quantitative estimate of drug-likeness (QED) is 0.825. The second-order valence-corrected chi connectivity index (χ2v) is 7.80. The predicted octanol–water partition coefficient (Wildman–Crippen LogP) is 2.73. The Labute approximate surface area is 160 Å². The number of hydrogen-bond donors (Lipinski definition) is 0. The summed E-state index contributed by atoms with van der Waals surface area (Å²) in [5.41, 5.74) is 0.449. The second-order valence-electron chi connectivity index (χ2n) is 7.80. The average molecular weight is 372 g/mol. The van der Waals surface area contributed by atoms with Gasteiger partial charge in [-0.1, -0.05) is 20.8 Å². The number of fused-ring (bicyclic) bond motifs is 1. The third-order valence-electron chi connectivity index (χ3n) is 4.84. The third kappa shape index (κ3) is 3.91. The van der Waals surface area contributed by atoms with E-state index in [4.69, 9.17) is 9.47 Å². The highest BCUT2D eigenvalue weighted by molar-refractivity contribution is 5.92. The summed E-state index contributed by atoms with van der Waals surface area (Å²) in [7, 11) is 3.23. The molecule has 0 unspecified atom stereocenters. The van der Waals surface area contributed by atoms with Gasteiger partial charge in [0.15, 0.2) is 11.5 Å². The standard InChI is InChI=1S/C20H28N4O3/c1-20(2,3)19(25)24-8-6-7-23(9-10-24)18-14-11-16(26-4)17(27-5)12-15(14)21-13-22-18/h11-13H,6-10H2,1-5H3. The molecule has 0 N–H and O–H groups in total. The number of methoxy groups -OCH3 is 2. The maximum atomic E-state index is 12.6. The molecule has 1 aliphatic heterocycles. The summed E-state index contributed by atoms with van der Waals surface area (Å²) in [5, 5.41) is 0.922. The minimum atomic E-state index is -0.360. The molecule has 1 aliphatic rings. The van der Waals surface area contributed by atoms with Gasteiger partial charge in [0.2, 0.25) is 5.91 Å². The van der Waals surface area contributed by atoms with Crippen molar-refractivity contribution in [3.05, 3.63) is 18.5 Å². The normalized spacial score (nSPS) is 15.6. The van der Waals surface area contributed by atoms with Gasteiger partial charge in [-0.3, -0.25) is 4.79 Å². The van der Waals surface area contributed by atoms with Crippen LogP contribution in [0.1, 0.15) is 27.2 Å². The first kappa shape index (κ1) is 19.2. The topological polar surface area (TPSA) is 67.8 Å². The molecule has 0 spiro atoms. The molecular weight excluding hydrogens is 344 g/mol. The maximum Gasteiger partial charge on any atom is 0.228 e. The largest absolute Gasteiger partial charge is 0.493 e. The van der Waals surface area contributed by atoms with Gasteiger partial charge in [0, 0.05) is 43.0 Å². The molecule has 0 saturated carbocycles. The summed E-state index contributed by atoms with van der Waals surface area (Å²) >= 11 is 0. The van der Waals surface area contributed by atoms with Crippen LogP contribution in [-0.2, 0) is 4.79 Å². The molecule has 1 saturated heterocycles. The van der Waals surface area contributed by atoms with E-state index in [0.717, 1.165) is 42.8 Å². The lowest BCUT2D eigenvalue weighted by Gasteiger charge is -2.28. The third-order valence-corrected chi connectivity index (χ3v) is 4.84. The van der Waals surface area contributed by atoms with Crippen molar-refractivity contribution < 1.29 is 14.3 Å². The Balaban J connectivity index is 1.90. The molecule has 3 rings (SSSR count). The van der Waals surface area contributed by atoms with Gasteiger partial charge in [-0.2, -0.15) is 0 Å². The zero-order valence-electron chi connectivity index (χ0n) is 16.8. The minimum Gasteiger partial charge on any atom is -0.493 e. The summed E-state index contributed by atoms with van der Waals surface area (Å²) in [6.45, 7) is 8.94. The number of carbonyl (C=O) groups excluding carboxylic acids is 1. The fraction of sp³-hybridized carbons (Fsp3) is 0.550. The van der Waals surface area contributed by atoms with Crippen LogP contribution in [0.5, 0.6) is 11.5 Å². The van der Waals surface area contributed by atoms with E-state index in [1.54, 1.807) is 20.5 Å². The molecule has 0 radical (unpaired) electrons. The number of amides is 1. The van der Waals surface area contributed by atoms with Crippen LogP contribution in [0, 0.1) is 5.41 Å². The van der Waals surface area contributed by atoms with E-state index in [1.165, 1.54) is 0 Å². The molecule has 146 valence electrons. The summed E-state index contributed by atoms with van der Waals surface area (Å²) in [4.78, 5) is 25.7. The molecule has 1 amide bonds. The van der Waals surface area contributed by atoms with E-state index in [2.05, 4.69) is 14.9 Å². The van der Waals surface area contributed by atoms with Crippen LogP contribution in [0.25, 0.3) is 10.9 Å². The molecular formula is C20H28N4O3. The Morgan fingerprint density at radius 1 is 1.00 bits per heavy atom. The number of aromatic nitrogens is 2. The van der Waals surface area contributed by atoms with E-state index in [-0.39, 0.29) is 11.3 Å². The fourth-order valence-corrected chi connectivity index (χ4v) is 3.43. The monoisotopic (exact) mass is 372 g/mol. The van der Waals surface area contributed by atoms with Crippen LogP contribution in [0.15, 0.2) is 18.5 Å². The first-order chi connectivity index (χ1) is 12.8. The van der Waals surface area contributed by atoms with Crippen LogP contribution >= 0.6 is 0 Å². The van der Waals surface area contributed by atoms with Gasteiger partial charge in [0.25, 0.3) is 0 Å². The molecule has 0 bridgehead atoms. The van der Waals surface area contributed by atoms with Gasteiger partial charge < -0.3 is 19.3 Å². The molecule has 1 fully saturated rings. The molecule has 27 heavy (non-hydrogen) atoms. The number of ether oxygens (including phenoxy) is 2. The first-order valence-electron chi connectivity index (χ1n) is 9.26. The Kier molecular flexibility index (Phi) is 5.39. The molecule has 7 heteroatoms. The van der Waals surface area contributed by atoms with Crippen molar-refractivity contribution >= 4 is 22.6 Å². The molecule has 1 aromatic carbocycles. The molecule has 0 atom stereocenters. The average Bonchev–Trinajstić information content (AvgIpc) is 2.90. The molecule has 0 aliphatic carbocycles. The van der Waals surface area contributed by atoms with Gasteiger partial charge in [-0.15, -0.1) is 0 Å². The highest BCUT2D eigenvalue weighted by Gasteiger charge is 2.29. The van der Waals surface area contributed by atoms with E-state index in [1.807, 2.05) is 37.8 Å². The van der Waals surface area contributed by atoms with Crippen molar-refractivity contribution in [2.75, 3.05) is 45.3 Å². The van der Waals surface area contributed by atoms with Gasteiger partial charge >= 0.3 is 0 Å². The number of rotatable bonds is 3. The Hall–Kier alpha value is -2.57. The van der Waals surface area contributed by atoms with Gasteiger partial charge in [-0.25, -0.2) is 9.97 Å². The summed E-state index contributed by atoms with van der Waals surface area (Å²) in [5.74, 6) is 2.36. The Morgan fingerprint density at radius 3 is 2.37 bits per heavy atom. The minimum absolute atomic E-state index is 0.198. The number of nitrogens with zero attached hydrogens (tertiary/aromatic N) is 4. The van der Waals surface area contributed by atoms with Crippen LogP contribution in [0.4, 0.5) is 5.82 Å². The van der Waals surface area contributed by atoms with Crippen molar-refractivity contribution in [3.8, 4) is 11.5 Å². The van der Waals surface area contributed by atoms with E-state index < -0.39 is 0 Å². The summed E-state index contributed by atoms with van der Waals surface area (Å²) < 4.78 is 10.8.